The van der Waals surface area contributed by atoms with Crippen molar-refractivity contribution in [3.63, 3.8) is 0 Å². The zero-order valence-corrected chi connectivity index (χ0v) is 16.0. The SMILES string of the molecule is O=C(/C=C/c1cccc(C(F)(F)F)c1)O[C@H](C(=O)N1CCOCC1)c1ccccc1. The average molecular weight is 419 g/mol. The van der Waals surface area contributed by atoms with Crippen molar-refractivity contribution in [2.75, 3.05) is 26.3 Å². The third kappa shape index (κ3) is 5.70. The zero-order valence-electron chi connectivity index (χ0n) is 16.0. The number of carbonyl (C=O) groups excluding carboxylic acids is 2. The van der Waals surface area contributed by atoms with Crippen LogP contribution in [0, 0.1) is 0 Å². The first-order chi connectivity index (χ1) is 14.3. The number of nitrogens with zero attached hydrogens (tertiary/aromatic N) is 1. The Morgan fingerprint density at radius 2 is 1.73 bits per heavy atom. The Bertz CT molecular complexity index is 906. The number of ether oxygens (including phenoxy) is 2. The van der Waals surface area contributed by atoms with E-state index in [1.54, 1.807) is 35.2 Å². The molecule has 1 aliphatic rings. The van der Waals surface area contributed by atoms with E-state index in [9.17, 15) is 22.8 Å². The second kappa shape index (κ2) is 9.58. The molecule has 2 aromatic carbocycles. The molecule has 30 heavy (non-hydrogen) atoms. The highest BCUT2D eigenvalue weighted by Crippen LogP contribution is 2.29. The predicted octanol–water partition coefficient (Wildman–Crippen LogP) is 3.86. The highest BCUT2D eigenvalue weighted by molar-refractivity contribution is 5.91. The molecule has 3 rings (SSSR count). The molecule has 0 unspecified atom stereocenters. The second-order valence-corrected chi connectivity index (χ2v) is 6.62. The summed E-state index contributed by atoms with van der Waals surface area (Å²) in [6.45, 7) is 1.58. The molecular weight excluding hydrogens is 399 g/mol. The van der Waals surface area contributed by atoms with Crippen molar-refractivity contribution in [1.29, 1.82) is 0 Å². The number of carbonyl (C=O) groups is 2. The minimum absolute atomic E-state index is 0.192. The van der Waals surface area contributed by atoms with Gasteiger partial charge in [-0.15, -0.1) is 0 Å². The molecule has 0 spiro atoms. The molecule has 1 heterocycles. The number of amides is 1. The molecule has 0 N–H and O–H groups in total. The molecule has 1 fully saturated rings. The number of benzene rings is 2. The summed E-state index contributed by atoms with van der Waals surface area (Å²) < 4.78 is 49.1. The van der Waals surface area contributed by atoms with Gasteiger partial charge >= 0.3 is 12.1 Å². The van der Waals surface area contributed by atoms with Gasteiger partial charge in [-0.05, 0) is 23.8 Å². The summed E-state index contributed by atoms with van der Waals surface area (Å²) in [5.41, 5.74) is -0.116. The third-order valence-corrected chi connectivity index (χ3v) is 4.51. The first kappa shape index (κ1) is 21.6. The van der Waals surface area contributed by atoms with Crippen LogP contribution in [0.3, 0.4) is 0 Å². The summed E-state index contributed by atoms with van der Waals surface area (Å²) in [5.74, 6) is -1.20. The Morgan fingerprint density at radius 1 is 1.03 bits per heavy atom. The van der Waals surface area contributed by atoms with Crippen molar-refractivity contribution in [3.05, 3.63) is 77.4 Å². The average Bonchev–Trinajstić information content (AvgIpc) is 2.76. The zero-order chi connectivity index (χ0) is 21.6. The van der Waals surface area contributed by atoms with Gasteiger partial charge in [-0.3, -0.25) is 4.79 Å². The number of hydrogen-bond donors (Lipinski definition) is 0. The highest BCUT2D eigenvalue weighted by atomic mass is 19.4. The van der Waals surface area contributed by atoms with E-state index in [1.165, 1.54) is 18.2 Å². The lowest BCUT2D eigenvalue weighted by Gasteiger charge is -2.30. The summed E-state index contributed by atoms with van der Waals surface area (Å²) >= 11 is 0. The molecule has 0 bridgehead atoms. The topological polar surface area (TPSA) is 55.8 Å². The molecule has 0 saturated carbocycles. The minimum Gasteiger partial charge on any atom is -0.444 e. The fourth-order valence-electron chi connectivity index (χ4n) is 2.98. The molecule has 1 aliphatic heterocycles. The Balaban J connectivity index is 1.75. The van der Waals surface area contributed by atoms with Crippen LogP contribution < -0.4 is 0 Å². The molecule has 158 valence electrons. The molecule has 1 saturated heterocycles. The van der Waals surface area contributed by atoms with Crippen molar-refractivity contribution in [2.24, 2.45) is 0 Å². The van der Waals surface area contributed by atoms with E-state index in [0.717, 1.165) is 18.2 Å². The summed E-state index contributed by atoms with van der Waals surface area (Å²) in [5, 5.41) is 0. The van der Waals surface area contributed by atoms with Gasteiger partial charge in [0.2, 0.25) is 6.10 Å². The molecule has 2 aromatic rings. The number of morpholine rings is 1. The molecule has 0 radical (unpaired) electrons. The first-order valence-electron chi connectivity index (χ1n) is 9.32. The molecule has 1 atom stereocenters. The molecule has 8 heteroatoms. The maximum Gasteiger partial charge on any atom is 0.416 e. The number of halogens is 3. The van der Waals surface area contributed by atoms with Gasteiger partial charge in [-0.1, -0.05) is 42.5 Å². The van der Waals surface area contributed by atoms with Gasteiger partial charge < -0.3 is 14.4 Å². The summed E-state index contributed by atoms with van der Waals surface area (Å²) in [6.07, 6.45) is -3.40. The van der Waals surface area contributed by atoms with Gasteiger partial charge in [0, 0.05) is 24.7 Å². The van der Waals surface area contributed by atoms with Crippen molar-refractivity contribution in [1.82, 2.24) is 4.90 Å². The van der Waals surface area contributed by atoms with Crippen LogP contribution in [0.5, 0.6) is 0 Å². The van der Waals surface area contributed by atoms with Crippen molar-refractivity contribution < 1.29 is 32.2 Å². The van der Waals surface area contributed by atoms with Gasteiger partial charge in [0.25, 0.3) is 5.91 Å². The van der Waals surface area contributed by atoms with E-state index in [4.69, 9.17) is 9.47 Å². The lowest BCUT2D eigenvalue weighted by molar-refractivity contribution is -0.159. The first-order valence-corrected chi connectivity index (χ1v) is 9.32. The number of rotatable bonds is 5. The molecule has 5 nitrogen and oxygen atoms in total. The Morgan fingerprint density at radius 3 is 2.40 bits per heavy atom. The van der Waals surface area contributed by atoms with E-state index in [0.29, 0.717) is 31.9 Å². The summed E-state index contributed by atoms with van der Waals surface area (Å²) in [7, 11) is 0. The number of alkyl halides is 3. The second-order valence-electron chi connectivity index (χ2n) is 6.62. The fraction of sp³-hybridized carbons (Fsp3) is 0.273. The van der Waals surface area contributed by atoms with Gasteiger partial charge in [-0.25, -0.2) is 4.79 Å². The lowest BCUT2D eigenvalue weighted by Crippen LogP contribution is -2.44. The largest absolute Gasteiger partial charge is 0.444 e. The van der Waals surface area contributed by atoms with Crippen LogP contribution in [-0.2, 0) is 25.2 Å². The molecular formula is C22H20F3NO4. The maximum atomic E-state index is 12.9. The van der Waals surface area contributed by atoms with Crippen LogP contribution in [-0.4, -0.2) is 43.1 Å². The summed E-state index contributed by atoms with van der Waals surface area (Å²) in [6, 6.07) is 13.1. The highest BCUT2D eigenvalue weighted by Gasteiger charge is 2.31. The van der Waals surface area contributed by atoms with E-state index < -0.39 is 23.8 Å². The van der Waals surface area contributed by atoms with Gasteiger partial charge in [0.15, 0.2) is 0 Å². The van der Waals surface area contributed by atoms with Crippen LogP contribution in [0.15, 0.2) is 60.7 Å². The fourth-order valence-corrected chi connectivity index (χ4v) is 2.98. The predicted molar refractivity (Wildman–Crippen MR) is 103 cm³/mol. The Kier molecular flexibility index (Phi) is 6.89. The molecule has 0 aliphatic carbocycles. The van der Waals surface area contributed by atoms with Crippen molar-refractivity contribution in [3.8, 4) is 0 Å². The van der Waals surface area contributed by atoms with Gasteiger partial charge in [0.05, 0.1) is 18.8 Å². The van der Waals surface area contributed by atoms with Crippen LogP contribution in [0.4, 0.5) is 13.2 Å². The minimum atomic E-state index is -4.48. The number of esters is 1. The van der Waals surface area contributed by atoms with Crippen molar-refractivity contribution >= 4 is 18.0 Å². The third-order valence-electron chi connectivity index (χ3n) is 4.51. The van der Waals surface area contributed by atoms with Crippen LogP contribution >= 0.6 is 0 Å². The summed E-state index contributed by atoms with van der Waals surface area (Å²) in [4.78, 5) is 26.8. The quantitative estimate of drug-likeness (QED) is 0.546. The number of hydrogen-bond acceptors (Lipinski definition) is 4. The normalized spacial score (nSPS) is 15.8. The Labute approximate surface area is 171 Å². The van der Waals surface area contributed by atoms with Crippen molar-refractivity contribution in [2.45, 2.75) is 12.3 Å². The standard InChI is InChI=1S/C22H20F3NO4/c23-22(24,25)18-8-4-5-16(15-18)9-10-19(27)30-20(17-6-2-1-3-7-17)21(28)26-11-13-29-14-12-26/h1-10,15,20H,11-14H2/b10-9+/t20-/m0/s1. The van der Waals surface area contributed by atoms with E-state index in [1.807, 2.05) is 0 Å². The van der Waals surface area contributed by atoms with Gasteiger partial charge in [-0.2, -0.15) is 13.2 Å². The van der Waals surface area contributed by atoms with E-state index in [-0.39, 0.29) is 11.5 Å². The van der Waals surface area contributed by atoms with E-state index >= 15 is 0 Å². The molecule has 0 aromatic heterocycles. The Hall–Kier alpha value is -3.13. The molecule has 1 amide bonds. The van der Waals surface area contributed by atoms with E-state index in [2.05, 4.69) is 0 Å². The maximum absolute atomic E-state index is 12.9. The van der Waals surface area contributed by atoms with Crippen LogP contribution in [0.2, 0.25) is 0 Å². The van der Waals surface area contributed by atoms with Gasteiger partial charge in [0.1, 0.15) is 0 Å². The lowest BCUT2D eigenvalue weighted by atomic mass is 10.1. The van der Waals surface area contributed by atoms with Crippen LogP contribution in [0.25, 0.3) is 6.08 Å². The monoisotopic (exact) mass is 419 g/mol. The van der Waals surface area contributed by atoms with Crippen LogP contribution in [0.1, 0.15) is 22.8 Å². The smallest absolute Gasteiger partial charge is 0.416 e.